The first kappa shape index (κ1) is 11.8. The van der Waals surface area contributed by atoms with Crippen molar-refractivity contribution in [2.24, 2.45) is 11.8 Å². The quantitative estimate of drug-likeness (QED) is 0.857. The van der Waals surface area contributed by atoms with Gasteiger partial charge in [0.05, 0.1) is 6.33 Å². The van der Waals surface area contributed by atoms with E-state index in [9.17, 15) is 4.79 Å². The predicted molar refractivity (Wildman–Crippen MR) is 69.0 cm³/mol. The van der Waals surface area contributed by atoms with Gasteiger partial charge in [-0.25, -0.2) is 4.98 Å². The lowest BCUT2D eigenvalue weighted by Gasteiger charge is -2.21. The van der Waals surface area contributed by atoms with Gasteiger partial charge in [0.1, 0.15) is 0 Å². The van der Waals surface area contributed by atoms with Gasteiger partial charge in [-0.15, -0.1) is 0 Å². The summed E-state index contributed by atoms with van der Waals surface area (Å²) in [5.41, 5.74) is 1.10. The van der Waals surface area contributed by atoms with Crippen LogP contribution in [0, 0.1) is 11.8 Å². The molecule has 4 nitrogen and oxygen atoms in total. The van der Waals surface area contributed by atoms with Gasteiger partial charge in [-0.05, 0) is 25.2 Å². The fourth-order valence-corrected chi connectivity index (χ4v) is 3.07. The molecule has 0 aliphatic heterocycles. The summed E-state index contributed by atoms with van der Waals surface area (Å²) in [5, 5.41) is 3.13. The van der Waals surface area contributed by atoms with Crippen molar-refractivity contribution in [3.8, 4) is 0 Å². The van der Waals surface area contributed by atoms with E-state index in [1.807, 2.05) is 6.20 Å². The molecule has 0 spiro atoms. The molecule has 1 aromatic heterocycles. The highest BCUT2D eigenvalue weighted by molar-refractivity contribution is 5.82. The van der Waals surface area contributed by atoms with Gasteiger partial charge in [-0.1, -0.05) is 19.3 Å². The smallest absolute Gasteiger partial charge is 0.223 e. The largest absolute Gasteiger partial charge is 0.356 e. The van der Waals surface area contributed by atoms with Crippen LogP contribution in [0.2, 0.25) is 0 Å². The average molecular weight is 247 g/mol. The number of hydrogen-bond donors (Lipinski definition) is 2. The normalized spacial score (nSPS) is 28.0. The Kier molecular flexibility index (Phi) is 3.35. The molecule has 2 N–H and O–H groups in total. The number of amides is 1. The molecule has 2 atom stereocenters. The molecular weight excluding hydrogens is 226 g/mol. The van der Waals surface area contributed by atoms with Gasteiger partial charge >= 0.3 is 0 Å². The van der Waals surface area contributed by atoms with E-state index in [0.29, 0.717) is 11.8 Å². The summed E-state index contributed by atoms with van der Waals surface area (Å²) in [6.45, 7) is 0.880. The van der Waals surface area contributed by atoms with E-state index >= 15 is 0 Å². The van der Waals surface area contributed by atoms with E-state index in [0.717, 1.165) is 18.7 Å². The highest BCUT2D eigenvalue weighted by atomic mass is 16.2. The molecule has 4 heteroatoms. The standard InChI is InChI=1S/C14H21N3O/c18-14(16-7-10-4-2-1-3-5-10)12-6-11(12)13-8-15-9-17-13/h8-12H,1-7H2,(H,15,17)(H,16,18)/t11-,12?/m0/s1. The van der Waals surface area contributed by atoms with Gasteiger partial charge in [0.25, 0.3) is 0 Å². The summed E-state index contributed by atoms with van der Waals surface area (Å²) < 4.78 is 0. The van der Waals surface area contributed by atoms with Crippen molar-refractivity contribution in [2.45, 2.75) is 44.4 Å². The highest BCUT2D eigenvalue weighted by Gasteiger charge is 2.44. The summed E-state index contributed by atoms with van der Waals surface area (Å²) in [4.78, 5) is 19.1. The molecule has 3 rings (SSSR count). The SMILES string of the molecule is O=C(NCC1CCCCC1)C1C[C@@H]1c1cnc[nH]1. The van der Waals surface area contributed by atoms with Crippen molar-refractivity contribution < 1.29 is 4.79 Å². The Morgan fingerprint density at radius 1 is 1.39 bits per heavy atom. The molecule has 0 saturated heterocycles. The van der Waals surface area contributed by atoms with Crippen LogP contribution >= 0.6 is 0 Å². The lowest BCUT2D eigenvalue weighted by molar-refractivity contribution is -0.122. The fraction of sp³-hybridized carbons (Fsp3) is 0.714. The average Bonchev–Trinajstić information content (AvgIpc) is 3.03. The third-order valence-electron chi connectivity index (χ3n) is 4.34. The molecule has 0 radical (unpaired) electrons. The van der Waals surface area contributed by atoms with E-state index in [2.05, 4.69) is 15.3 Å². The molecule has 1 heterocycles. The maximum atomic E-state index is 12.0. The molecule has 1 unspecified atom stereocenters. The number of hydrogen-bond acceptors (Lipinski definition) is 2. The van der Waals surface area contributed by atoms with Gasteiger partial charge < -0.3 is 10.3 Å². The van der Waals surface area contributed by atoms with Crippen molar-refractivity contribution in [3.05, 3.63) is 18.2 Å². The second-order valence-electron chi connectivity index (χ2n) is 5.70. The number of H-pyrrole nitrogens is 1. The van der Waals surface area contributed by atoms with Crippen LogP contribution in [0.25, 0.3) is 0 Å². The summed E-state index contributed by atoms with van der Waals surface area (Å²) in [7, 11) is 0. The van der Waals surface area contributed by atoms with Crippen LogP contribution in [-0.2, 0) is 4.79 Å². The number of nitrogens with zero attached hydrogens (tertiary/aromatic N) is 1. The van der Waals surface area contributed by atoms with Crippen molar-refractivity contribution in [3.63, 3.8) is 0 Å². The van der Waals surface area contributed by atoms with Gasteiger partial charge in [-0.3, -0.25) is 4.79 Å². The van der Waals surface area contributed by atoms with Gasteiger partial charge in [0, 0.05) is 30.3 Å². The Balaban J connectivity index is 1.43. The lowest BCUT2D eigenvalue weighted by atomic mass is 9.89. The first-order chi connectivity index (χ1) is 8.84. The first-order valence-electron chi connectivity index (χ1n) is 7.10. The molecule has 18 heavy (non-hydrogen) atoms. The summed E-state index contributed by atoms with van der Waals surface area (Å²) in [6.07, 6.45) is 11.1. The predicted octanol–water partition coefficient (Wildman–Crippen LogP) is 2.21. The molecule has 2 saturated carbocycles. The Morgan fingerprint density at radius 3 is 2.94 bits per heavy atom. The summed E-state index contributed by atoms with van der Waals surface area (Å²) in [6, 6.07) is 0. The van der Waals surface area contributed by atoms with Crippen LogP contribution in [0.3, 0.4) is 0 Å². The number of imidazole rings is 1. The van der Waals surface area contributed by atoms with E-state index in [-0.39, 0.29) is 11.8 Å². The molecule has 2 fully saturated rings. The zero-order valence-corrected chi connectivity index (χ0v) is 10.7. The molecule has 98 valence electrons. The van der Waals surface area contributed by atoms with Crippen LogP contribution in [0.15, 0.2) is 12.5 Å². The van der Waals surface area contributed by atoms with Gasteiger partial charge in [0.15, 0.2) is 0 Å². The number of carbonyl (C=O) groups is 1. The Hall–Kier alpha value is -1.32. The second-order valence-corrected chi connectivity index (χ2v) is 5.70. The van der Waals surface area contributed by atoms with Crippen LogP contribution in [0.4, 0.5) is 0 Å². The summed E-state index contributed by atoms with van der Waals surface area (Å²) >= 11 is 0. The Bertz CT molecular complexity index is 395. The van der Waals surface area contributed by atoms with Crippen molar-refractivity contribution in [1.82, 2.24) is 15.3 Å². The summed E-state index contributed by atoms with van der Waals surface area (Å²) in [5.74, 6) is 1.50. The molecule has 2 aliphatic carbocycles. The molecule has 2 aliphatic rings. The van der Waals surface area contributed by atoms with E-state index in [1.165, 1.54) is 32.1 Å². The maximum absolute atomic E-state index is 12.0. The third kappa shape index (κ3) is 2.57. The van der Waals surface area contributed by atoms with E-state index in [1.54, 1.807) is 6.33 Å². The third-order valence-corrected chi connectivity index (χ3v) is 4.34. The number of aromatic nitrogens is 2. The van der Waals surface area contributed by atoms with Crippen LogP contribution in [0.1, 0.15) is 50.1 Å². The minimum absolute atomic E-state index is 0.175. The molecule has 1 amide bonds. The van der Waals surface area contributed by atoms with Crippen molar-refractivity contribution in [2.75, 3.05) is 6.54 Å². The Labute approximate surface area is 108 Å². The van der Waals surface area contributed by atoms with Crippen molar-refractivity contribution in [1.29, 1.82) is 0 Å². The molecule has 0 aromatic carbocycles. The second kappa shape index (κ2) is 5.12. The fourth-order valence-electron chi connectivity index (χ4n) is 3.07. The topological polar surface area (TPSA) is 57.8 Å². The van der Waals surface area contributed by atoms with E-state index < -0.39 is 0 Å². The molecule has 0 bridgehead atoms. The van der Waals surface area contributed by atoms with E-state index in [4.69, 9.17) is 0 Å². The molecule has 1 aromatic rings. The lowest BCUT2D eigenvalue weighted by Crippen LogP contribution is -2.31. The number of aromatic amines is 1. The van der Waals surface area contributed by atoms with Crippen molar-refractivity contribution >= 4 is 5.91 Å². The highest BCUT2D eigenvalue weighted by Crippen LogP contribution is 2.46. The number of nitrogens with one attached hydrogen (secondary N) is 2. The first-order valence-corrected chi connectivity index (χ1v) is 7.10. The Morgan fingerprint density at radius 2 is 2.22 bits per heavy atom. The number of rotatable bonds is 4. The monoisotopic (exact) mass is 247 g/mol. The zero-order chi connectivity index (χ0) is 12.4. The van der Waals surface area contributed by atoms with Gasteiger partial charge in [-0.2, -0.15) is 0 Å². The van der Waals surface area contributed by atoms with Crippen LogP contribution in [-0.4, -0.2) is 22.4 Å². The van der Waals surface area contributed by atoms with Crippen LogP contribution < -0.4 is 5.32 Å². The van der Waals surface area contributed by atoms with Crippen LogP contribution in [0.5, 0.6) is 0 Å². The maximum Gasteiger partial charge on any atom is 0.223 e. The molecular formula is C14H21N3O. The number of carbonyl (C=O) groups excluding carboxylic acids is 1. The minimum atomic E-state index is 0.175. The minimum Gasteiger partial charge on any atom is -0.356 e. The van der Waals surface area contributed by atoms with Gasteiger partial charge in [0.2, 0.25) is 5.91 Å². The zero-order valence-electron chi connectivity index (χ0n) is 10.7.